The van der Waals surface area contributed by atoms with E-state index >= 15 is 0 Å². The van der Waals surface area contributed by atoms with Crippen molar-refractivity contribution in [3.63, 3.8) is 0 Å². The van der Waals surface area contributed by atoms with Crippen LogP contribution in [0.15, 0.2) is 57.8 Å². The molecule has 2 aromatic carbocycles. The number of ether oxygens (including phenoxy) is 1. The fourth-order valence-corrected chi connectivity index (χ4v) is 4.01. The summed E-state index contributed by atoms with van der Waals surface area (Å²) < 4.78 is 43.1. The number of methoxy groups -OCH3 is 1. The van der Waals surface area contributed by atoms with Gasteiger partial charge in [-0.2, -0.15) is 0 Å². The van der Waals surface area contributed by atoms with Crippen molar-refractivity contribution in [2.24, 2.45) is 11.4 Å². The Morgan fingerprint density at radius 2 is 1.85 bits per heavy atom. The van der Waals surface area contributed by atoms with Crippen LogP contribution < -0.4 is 10.3 Å². The number of nitrogens with zero attached hydrogens (tertiary/aromatic N) is 4. The van der Waals surface area contributed by atoms with Gasteiger partial charge in [-0.25, -0.2) is 9.37 Å². The Morgan fingerprint density at radius 3 is 2.52 bits per heavy atom. The summed E-state index contributed by atoms with van der Waals surface area (Å²) in [7, 11) is 2.48. The van der Waals surface area contributed by atoms with Gasteiger partial charge in [0, 0.05) is 32.5 Å². The molecule has 0 bridgehead atoms. The van der Waals surface area contributed by atoms with Crippen LogP contribution in [0.3, 0.4) is 0 Å². The summed E-state index contributed by atoms with van der Waals surface area (Å²) in [6, 6.07) is 11.6. The van der Waals surface area contributed by atoms with Gasteiger partial charge in [-0.3, -0.25) is 4.79 Å². The van der Waals surface area contributed by atoms with Gasteiger partial charge in [-0.15, -0.1) is 0 Å². The zero-order valence-electron chi connectivity index (χ0n) is 18.5. The second kappa shape index (κ2) is 9.16. The van der Waals surface area contributed by atoms with Crippen LogP contribution >= 0.6 is 0 Å². The number of imidazole rings is 1. The molecule has 0 unspecified atom stereocenters. The van der Waals surface area contributed by atoms with Crippen molar-refractivity contribution >= 4 is 27.6 Å². The summed E-state index contributed by atoms with van der Waals surface area (Å²) in [5, 5.41) is 0. The van der Waals surface area contributed by atoms with Crippen molar-refractivity contribution in [3.05, 3.63) is 76.2 Å². The molecule has 0 aliphatic heterocycles. The largest absolute Gasteiger partial charge is 0.491 e. The molecule has 0 radical (unpaired) electrons. The third kappa shape index (κ3) is 4.53. The number of aryl methyl sites for hydroxylation is 2. The fourth-order valence-electron chi connectivity index (χ4n) is 3.63. The molecule has 0 fully saturated rings. The SMILES string of the molecule is COc1cc(-c2cc(N=[S-](=O)OC)c3nc(C)n(Cc4ccc(F)cc4)c3c2)cn(C)c1=O. The van der Waals surface area contributed by atoms with E-state index in [-0.39, 0.29) is 17.1 Å². The van der Waals surface area contributed by atoms with E-state index in [1.165, 1.54) is 30.9 Å². The molecule has 0 saturated heterocycles. The number of rotatable bonds is 6. The summed E-state index contributed by atoms with van der Waals surface area (Å²) in [5.41, 5.74) is 3.76. The van der Waals surface area contributed by atoms with Crippen molar-refractivity contribution in [3.8, 4) is 16.9 Å². The number of halogens is 1. The second-order valence-electron chi connectivity index (χ2n) is 7.42. The maximum absolute atomic E-state index is 13.4. The quantitative estimate of drug-likeness (QED) is 0.394. The lowest BCUT2D eigenvalue weighted by atomic mass is 10.1. The minimum Gasteiger partial charge on any atom is -0.491 e. The third-order valence-electron chi connectivity index (χ3n) is 5.30. The molecule has 0 aliphatic rings. The summed E-state index contributed by atoms with van der Waals surface area (Å²) in [5.74, 6) is 0.606. The predicted molar refractivity (Wildman–Crippen MR) is 124 cm³/mol. The van der Waals surface area contributed by atoms with Crippen molar-refractivity contribution in [2.75, 3.05) is 14.2 Å². The lowest BCUT2D eigenvalue weighted by Crippen LogP contribution is -2.17. The molecular formula is C23H22FN4O4S-. The Labute approximate surface area is 191 Å². The average Bonchev–Trinajstić information content (AvgIpc) is 3.12. The molecule has 10 heteroatoms. The Kier molecular flexibility index (Phi) is 6.30. The lowest BCUT2D eigenvalue weighted by molar-refractivity contribution is 0.405. The summed E-state index contributed by atoms with van der Waals surface area (Å²) >= 11 is 0. The van der Waals surface area contributed by atoms with Crippen LogP contribution in [0.2, 0.25) is 0 Å². The van der Waals surface area contributed by atoms with Crippen LogP contribution in [-0.4, -0.2) is 28.3 Å². The Bertz CT molecular complexity index is 1490. The molecule has 0 saturated carbocycles. The molecule has 0 N–H and O–H groups in total. The molecule has 0 spiro atoms. The molecule has 172 valence electrons. The Hall–Kier alpha value is -3.50. The first-order valence-corrected chi connectivity index (χ1v) is 11.0. The van der Waals surface area contributed by atoms with E-state index in [0.717, 1.165) is 16.6 Å². The van der Waals surface area contributed by atoms with Crippen LogP contribution in [0.4, 0.5) is 10.1 Å². The van der Waals surface area contributed by atoms with Crippen LogP contribution in [0.5, 0.6) is 5.75 Å². The van der Waals surface area contributed by atoms with Gasteiger partial charge in [0.05, 0.1) is 18.3 Å². The number of hydrogen-bond acceptors (Lipinski definition) is 7. The topological polar surface area (TPSA) is 87.7 Å². The third-order valence-corrected chi connectivity index (χ3v) is 5.93. The summed E-state index contributed by atoms with van der Waals surface area (Å²) in [6.07, 6.45) is 1.69. The van der Waals surface area contributed by atoms with E-state index in [4.69, 9.17) is 8.92 Å². The fraction of sp³-hybridized carbons (Fsp3) is 0.217. The van der Waals surface area contributed by atoms with Gasteiger partial charge in [-0.05, 0) is 48.4 Å². The van der Waals surface area contributed by atoms with Gasteiger partial charge in [-0.1, -0.05) is 23.0 Å². The maximum atomic E-state index is 13.4. The van der Waals surface area contributed by atoms with Crippen molar-refractivity contribution < 1.29 is 17.5 Å². The molecule has 0 amide bonds. The molecule has 8 nitrogen and oxygen atoms in total. The number of hydrogen-bond donors (Lipinski definition) is 0. The minimum absolute atomic E-state index is 0.199. The van der Waals surface area contributed by atoms with Gasteiger partial charge in [0.25, 0.3) is 5.56 Å². The molecule has 0 atom stereocenters. The van der Waals surface area contributed by atoms with E-state index in [1.807, 2.05) is 17.6 Å². The van der Waals surface area contributed by atoms with Crippen LogP contribution in [0.25, 0.3) is 22.2 Å². The zero-order chi connectivity index (χ0) is 23.7. The smallest absolute Gasteiger partial charge is 0.292 e. The van der Waals surface area contributed by atoms with Crippen LogP contribution in [0.1, 0.15) is 11.4 Å². The van der Waals surface area contributed by atoms with E-state index < -0.39 is 10.9 Å². The van der Waals surface area contributed by atoms with Crippen LogP contribution in [0, 0.1) is 12.7 Å². The van der Waals surface area contributed by atoms with Crippen LogP contribution in [-0.2, 0) is 32.9 Å². The van der Waals surface area contributed by atoms with Crippen molar-refractivity contribution in [1.29, 1.82) is 0 Å². The number of pyridine rings is 1. The first-order chi connectivity index (χ1) is 15.8. The summed E-state index contributed by atoms with van der Waals surface area (Å²) in [4.78, 5) is 16.9. The first kappa shape index (κ1) is 22.7. The van der Waals surface area contributed by atoms with E-state index in [9.17, 15) is 13.4 Å². The number of aromatic nitrogens is 3. The number of fused-ring (bicyclic) bond motifs is 1. The number of benzene rings is 2. The molecule has 4 aromatic rings. The lowest BCUT2D eigenvalue weighted by Gasteiger charge is -2.12. The highest BCUT2D eigenvalue weighted by molar-refractivity contribution is 7.69. The van der Waals surface area contributed by atoms with E-state index in [0.29, 0.717) is 29.1 Å². The molecular weight excluding hydrogens is 447 g/mol. The highest BCUT2D eigenvalue weighted by Gasteiger charge is 2.15. The van der Waals surface area contributed by atoms with Gasteiger partial charge in [0.15, 0.2) is 5.75 Å². The first-order valence-electron chi connectivity index (χ1n) is 9.99. The molecule has 2 aromatic heterocycles. The molecule has 0 aliphatic carbocycles. The average molecular weight is 470 g/mol. The monoisotopic (exact) mass is 469 g/mol. The maximum Gasteiger partial charge on any atom is 0.292 e. The van der Waals surface area contributed by atoms with Gasteiger partial charge < -0.3 is 26.6 Å². The minimum atomic E-state index is -1.90. The van der Waals surface area contributed by atoms with Gasteiger partial charge >= 0.3 is 0 Å². The standard InChI is InChI=1S/C23H22FN4O4S/c1-14-25-22-19(26-33(30)32-4)9-16(17-11-21(31-3)23(29)27(2)13-17)10-20(22)28(14)12-15-5-7-18(24)8-6-15/h5-11,13H,12H2,1-4H3/q-1. The Morgan fingerprint density at radius 1 is 1.12 bits per heavy atom. The Balaban J connectivity index is 1.97. The highest BCUT2D eigenvalue weighted by Crippen LogP contribution is 2.34. The molecule has 33 heavy (non-hydrogen) atoms. The zero-order valence-corrected chi connectivity index (χ0v) is 19.4. The van der Waals surface area contributed by atoms with E-state index in [1.54, 1.807) is 37.5 Å². The normalized spacial score (nSPS) is 12.4. The van der Waals surface area contributed by atoms with Crippen molar-refractivity contribution in [1.82, 2.24) is 14.1 Å². The van der Waals surface area contributed by atoms with E-state index in [2.05, 4.69) is 9.35 Å². The highest BCUT2D eigenvalue weighted by atomic mass is 32.2. The van der Waals surface area contributed by atoms with Gasteiger partial charge in [0.1, 0.15) is 17.2 Å². The second-order valence-corrected chi connectivity index (χ2v) is 8.37. The van der Waals surface area contributed by atoms with Gasteiger partial charge in [0.2, 0.25) is 0 Å². The molecule has 4 rings (SSSR count). The molecule has 2 heterocycles. The predicted octanol–water partition coefficient (Wildman–Crippen LogP) is 4.25. The van der Waals surface area contributed by atoms with Crippen molar-refractivity contribution in [2.45, 2.75) is 13.5 Å². The summed E-state index contributed by atoms with van der Waals surface area (Å²) in [6.45, 7) is 2.31.